The molecule has 6 heteroatoms. The monoisotopic (exact) mass is 319 g/mol. The highest BCUT2D eigenvalue weighted by atomic mass is 35.5. The lowest BCUT2D eigenvalue weighted by molar-refractivity contribution is -0.137. The highest BCUT2D eigenvalue weighted by Crippen LogP contribution is 2.30. The molecule has 1 N–H and O–H groups in total. The number of nitrogens with one attached hydrogen (secondary N) is 1. The molecule has 2 aromatic carbocycles. The standard InChI is InChI=1S/C14H10Cl2F3N/c15-11-4-5-13(12(16)7-11)20-8-9-2-1-3-10(6-9)14(17,18)19/h1-7,20H,8H2. The Kier molecular flexibility index (Phi) is 4.45. The van der Waals surface area contributed by atoms with Gasteiger partial charge in [0.25, 0.3) is 0 Å². The van der Waals surface area contributed by atoms with E-state index in [9.17, 15) is 13.2 Å². The largest absolute Gasteiger partial charge is 0.416 e. The quantitative estimate of drug-likeness (QED) is 0.773. The molecule has 0 aliphatic heterocycles. The highest BCUT2D eigenvalue weighted by Gasteiger charge is 2.30. The summed E-state index contributed by atoms with van der Waals surface area (Å²) < 4.78 is 37.8. The van der Waals surface area contributed by atoms with E-state index in [1.165, 1.54) is 6.07 Å². The van der Waals surface area contributed by atoms with E-state index in [1.807, 2.05) is 0 Å². The molecule has 106 valence electrons. The maximum atomic E-state index is 12.6. The summed E-state index contributed by atoms with van der Waals surface area (Å²) in [6, 6.07) is 10.0. The summed E-state index contributed by atoms with van der Waals surface area (Å²) >= 11 is 11.7. The molecule has 0 radical (unpaired) electrons. The first-order chi connectivity index (χ1) is 9.36. The average Bonchev–Trinajstić information content (AvgIpc) is 2.37. The van der Waals surface area contributed by atoms with E-state index in [2.05, 4.69) is 5.32 Å². The van der Waals surface area contributed by atoms with E-state index in [0.29, 0.717) is 21.3 Å². The number of alkyl halides is 3. The second-order valence-corrected chi connectivity index (χ2v) is 5.02. The van der Waals surface area contributed by atoms with Gasteiger partial charge in [-0.05, 0) is 35.9 Å². The molecule has 0 bridgehead atoms. The Morgan fingerprint density at radius 2 is 1.75 bits per heavy atom. The topological polar surface area (TPSA) is 12.0 Å². The van der Waals surface area contributed by atoms with Crippen LogP contribution in [0.2, 0.25) is 10.0 Å². The zero-order valence-electron chi connectivity index (χ0n) is 10.1. The zero-order valence-corrected chi connectivity index (χ0v) is 11.7. The van der Waals surface area contributed by atoms with Gasteiger partial charge in [0.15, 0.2) is 0 Å². The lowest BCUT2D eigenvalue weighted by Crippen LogP contribution is -2.07. The molecular formula is C14H10Cl2F3N. The first-order valence-corrected chi connectivity index (χ1v) is 6.47. The molecule has 0 aliphatic carbocycles. The lowest BCUT2D eigenvalue weighted by atomic mass is 10.1. The van der Waals surface area contributed by atoms with Crippen molar-refractivity contribution in [3.8, 4) is 0 Å². The van der Waals surface area contributed by atoms with Gasteiger partial charge in [-0.1, -0.05) is 35.3 Å². The molecule has 1 nitrogen and oxygen atoms in total. The summed E-state index contributed by atoms with van der Waals surface area (Å²) in [7, 11) is 0. The molecule has 0 spiro atoms. The number of hydrogen-bond acceptors (Lipinski definition) is 1. The van der Waals surface area contributed by atoms with E-state index in [1.54, 1.807) is 24.3 Å². The van der Waals surface area contributed by atoms with Crippen LogP contribution in [0.25, 0.3) is 0 Å². The fourth-order valence-electron chi connectivity index (χ4n) is 1.69. The molecule has 0 atom stereocenters. The van der Waals surface area contributed by atoms with Crippen molar-refractivity contribution >= 4 is 28.9 Å². The Morgan fingerprint density at radius 3 is 2.40 bits per heavy atom. The number of anilines is 1. The van der Waals surface area contributed by atoms with Crippen LogP contribution in [0.4, 0.5) is 18.9 Å². The third-order valence-electron chi connectivity index (χ3n) is 2.67. The van der Waals surface area contributed by atoms with Crippen LogP contribution in [-0.4, -0.2) is 0 Å². The summed E-state index contributed by atoms with van der Waals surface area (Å²) in [4.78, 5) is 0. The summed E-state index contributed by atoms with van der Waals surface area (Å²) in [5.41, 5.74) is 0.471. The maximum Gasteiger partial charge on any atom is 0.416 e. The van der Waals surface area contributed by atoms with Crippen molar-refractivity contribution in [3.63, 3.8) is 0 Å². The molecule has 0 aliphatic rings. The molecular weight excluding hydrogens is 310 g/mol. The van der Waals surface area contributed by atoms with Crippen molar-refractivity contribution in [1.82, 2.24) is 0 Å². The van der Waals surface area contributed by atoms with Crippen molar-refractivity contribution < 1.29 is 13.2 Å². The van der Waals surface area contributed by atoms with Crippen molar-refractivity contribution in [1.29, 1.82) is 0 Å². The van der Waals surface area contributed by atoms with Gasteiger partial charge in [0.05, 0.1) is 16.3 Å². The van der Waals surface area contributed by atoms with Crippen LogP contribution in [0, 0.1) is 0 Å². The van der Waals surface area contributed by atoms with Crippen LogP contribution < -0.4 is 5.32 Å². The molecule has 2 aromatic rings. The molecule has 0 heterocycles. The Hall–Kier alpha value is -1.39. The van der Waals surface area contributed by atoms with Crippen LogP contribution in [0.5, 0.6) is 0 Å². The smallest absolute Gasteiger partial charge is 0.380 e. The Labute approximate surface area is 124 Å². The lowest BCUT2D eigenvalue weighted by Gasteiger charge is -2.11. The van der Waals surface area contributed by atoms with Gasteiger partial charge in [-0.25, -0.2) is 0 Å². The number of rotatable bonds is 3. The Morgan fingerprint density at radius 1 is 1.00 bits per heavy atom. The molecule has 2 rings (SSSR count). The number of hydrogen-bond donors (Lipinski definition) is 1. The van der Waals surface area contributed by atoms with Crippen LogP contribution in [0.3, 0.4) is 0 Å². The molecule has 20 heavy (non-hydrogen) atoms. The summed E-state index contributed by atoms with van der Waals surface area (Å²) in [6.07, 6.45) is -4.34. The predicted molar refractivity (Wildman–Crippen MR) is 75.2 cm³/mol. The van der Waals surface area contributed by atoms with E-state index in [-0.39, 0.29) is 6.54 Å². The predicted octanol–water partition coefficient (Wildman–Crippen LogP) is 5.62. The van der Waals surface area contributed by atoms with Crippen molar-refractivity contribution in [2.75, 3.05) is 5.32 Å². The van der Waals surface area contributed by atoms with Gasteiger partial charge in [-0.15, -0.1) is 0 Å². The fourth-order valence-corrected chi connectivity index (χ4v) is 2.16. The third kappa shape index (κ3) is 3.81. The third-order valence-corrected chi connectivity index (χ3v) is 3.22. The minimum absolute atomic E-state index is 0.241. The van der Waals surface area contributed by atoms with Gasteiger partial charge >= 0.3 is 6.18 Å². The zero-order chi connectivity index (χ0) is 14.8. The molecule has 0 saturated carbocycles. The van der Waals surface area contributed by atoms with Gasteiger partial charge < -0.3 is 5.32 Å². The van der Waals surface area contributed by atoms with Crippen LogP contribution in [0.15, 0.2) is 42.5 Å². The summed E-state index contributed by atoms with van der Waals surface area (Å²) in [6.45, 7) is 0.241. The van der Waals surface area contributed by atoms with Crippen LogP contribution >= 0.6 is 23.2 Å². The average molecular weight is 320 g/mol. The van der Waals surface area contributed by atoms with E-state index in [0.717, 1.165) is 12.1 Å². The summed E-state index contributed by atoms with van der Waals surface area (Å²) in [5.74, 6) is 0. The molecule has 0 aromatic heterocycles. The molecule has 0 saturated heterocycles. The van der Waals surface area contributed by atoms with Crippen molar-refractivity contribution in [2.45, 2.75) is 12.7 Å². The van der Waals surface area contributed by atoms with Crippen molar-refractivity contribution in [2.24, 2.45) is 0 Å². The van der Waals surface area contributed by atoms with E-state index < -0.39 is 11.7 Å². The number of halogens is 5. The second-order valence-electron chi connectivity index (χ2n) is 4.18. The van der Waals surface area contributed by atoms with E-state index in [4.69, 9.17) is 23.2 Å². The molecule has 0 amide bonds. The van der Waals surface area contributed by atoms with Crippen molar-refractivity contribution in [3.05, 3.63) is 63.6 Å². The Bertz CT molecular complexity index is 612. The van der Waals surface area contributed by atoms with Gasteiger partial charge in [-0.3, -0.25) is 0 Å². The fraction of sp³-hybridized carbons (Fsp3) is 0.143. The molecule has 0 fully saturated rings. The van der Waals surface area contributed by atoms with Gasteiger partial charge in [0.2, 0.25) is 0 Å². The first kappa shape index (κ1) is 15.0. The normalized spacial score (nSPS) is 11.4. The SMILES string of the molecule is FC(F)(F)c1cccc(CNc2ccc(Cl)cc2Cl)c1. The molecule has 0 unspecified atom stereocenters. The van der Waals surface area contributed by atoms with Crippen LogP contribution in [-0.2, 0) is 12.7 Å². The van der Waals surface area contributed by atoms with Gasteiger partial charge in [0.1, 0.15) is 0 Å². The Balaban J connectivity index is 2.11. The van der Waals surface area contributed by atoms with Gasteiger partial charge in [-0.2, -0.15) is 13.2 Å². The minimum atomic E-state index is -4.34. The van der Waals surface area contributed by atoms with Crippen LogP contribution in [0.1, 0.15) is 11.1 Å². The second kappa shape index (κ2) is 5.94. The maximum absolute atomic E-state index is 12.6. The highest BCUT2D eigenvalue weighted by molar-refractivity contribution is 6.36. The first-order valence-electron chi connectivity index (χ1n) is 5.71. The minimum Gasteiger partial charge on any atom is -0.380 e. The summed E-state index contributed by atoms with van der Waals surface area (Å²) in [5, 5.41) is 3.90. The van der Waals surface area contributed by atoms with Gasteiger partial charge in [0, 0.05) is 11.6 Å². The number of benzene rings is 2. The van der Waals surface area contributed by atoms with E-state index >= 15 is 0 Å².